The van der Waals surface area contributed by atoms with E-state index in [1.54, 1.807) is 12.3 Å². The number of hydrogen-bond acceptors (Lipinski definition) is 12. The van der Waals surface area contributed by atoms with Gasteiger partial charge in [-0.2, -0.15) is 0 Å². The second kappa shape index (κ2) is 18.5. The van der Waals surface area contributed by atoms with Gasteiger partial charge in [0.15, 0.2) is 5.13 Å². The van der Waals surface area contributed by atoms with Crippen LogP contribution in [0.3, 0.4) is 0 Å². The third kappa shape index (κ3) is 8.72. The number of carbonyl (C=O) groups excluding carboxylic acids is 3. The van der Waals surface area contributed by atoms with Crippen LogP contribution in [0.2, 0.25) is 5.04 Å². The average molecular weight is 898 g/mol. The molecular weight excluding hydrogens is 843 g/mol. The summed E-state index contributed by atoms with van der Waals surface area (Å²) < 4.78 is 12.9. The number of nitrogens with zero attached hydrogens (tertiary/aromatic N) is 4. The van der Waals surface area contributed by atoms with Gasteiger partial charge in [0, 0.05) is 46.7 Å². The zero-order valence-corrected chi connectivity index (χ0v) is 38.8. The fourth-order valence-corrected chi connectivity index (χ4v) is 15.7. The zero-order valence-electron chi connectivity index (χ0n) is 36.1. The number of hydrogen-bond donors (Lipinski definition) is 2. The topological polar surface area (TPSA) is 164 Å². The number of nitro benzene ring substituents is 1. The standard InChI is InChI=1S/C46H55N5O8S2Si/c1-8-28(2)36(26-59-62(46(5,6)7,34-15-11-9-12-16-34)35-17-13-10-14-18-35)47-42(53)37-27-60-45(48-37)49-23-33(24-49)61-41-29(3)39-38(30(4)52)43(54)50(39)40(41)44(55)58-25-31-19-21-32(22-20-31)51(56)57/h9-22,27-30,33,36,38-39,52H,8,23-26H2,1-7H3,(H,47,53)/t28-,29+,30+,36+,38+,39+/m0/s1. The fraction of sp³-hybridized carbons (Fsp3) is 0.435. The number of thioether (sulfide) groups is 1. The van der Waals surface area contributed by atoms with E-state index in [0.29, 0.717) is 31.0 Å². The van der Waals surface area contributed by atoms with Crippen LogP contribution >= 0.6 is 23.1 Å². The molecule has 3 aromatic carbocycles. The number of anilines is 1. The molecule has 2 amide bonds. The summed E-state index contributed by atoms with van der Waals surface area (Å²) in [5, 5.41) is 29.5. The van der Waals surface area contributed by atoms with Gasteiger partial charge in [-0.1, -0.05) is 109 Å². The van der Waals surface area contributed by atoms with Crippen LogP contribution in [-0.2, 0) is 25.4 Å². The smallest absolute Gasteiger partial charge is 0.356 e. The van der Waals surface area contributed by atoms with Crippen molar-refractivity contribution in [3.63, 3.8) is 0 Å². The van der Waals surface area contributed by atoms with Gasteiger partial charge in [-0.15, -0.1) is 23.1 Å². The molecule has 4 aromatic rings. The Morgan fingerprint density at radius 1 is 1.03 bits per heavy atom. The summed E-state index contributed by atoms with van der Waals surface area (Å²) in [6.07, 6.45) is -0.0240. The number of rotatable bonds is 17. The van der Waals surface area contributed by atoms with E-state index >= 15 is 0 Å². The van der Waals surface area contributed by atoms with Gasteiger partial charge < -0.3 is 29.4 Å². The summed E-state index contributed by atoms with van der Waals surface area (Å²) in [5.74, 6) is -1.92. The number of carbonyl (C=O) groups is 3. The monoisotopic (exact) mass is 897 g/mol. The number of aliphatic hydroxyl groups is 1. The van der Waals surface area contributed by atoms with Crippen molar-refractivity contribution in [3.05, 3.63) is 122 Å². The van der Waals surface area contributed by atoms with Crippen LogP contribution in [0.1, 0.15) is 70.9 Å². The normalized spacial score (nSPS) is 20.5. The number of benzene rings is 3. The van der Waals surface area contributed by atoms with Crippen LogP contribution in [0.5, 0.6) is 0 Å². The van der Waals surface area contributed by atoms with E-state index in [1.807, 2.05) is 19.1 Å². The molecule has 3 aliphatic rings. The van der Waals surface area contributed by atoms with E-state index in [4.69, 9.17) is 14.1 Å². The number of aliphatic hydroxyl groups excluding tert-OH is 1. The largest absolute Gasteiger partial charge is 0.456 e. The highest BCUT2D eigenvalue weighted by molar-refractivity contribution is 8.03. The van der Waals surface area contributed by atoms with Crippen LogP contribution in [0.4, 0.5) is 10.8 Å². The molecule has 3 aliphatic heterocycles. The van der Waals surface area contributed by atoms with Gasteiger partial charge in [0.25, 0.3) is 19.9 Å². The number of non-ortho nitro benzene ring substituents is 1. The van der Waals surface area contributed by atoms with Crippen molar-refractivity contribution in [3.8, 4) is 0 Å². The van der Waals surface area contributed by atoms with E-state index in [1.165, 1.54) is 62.6 Å². The third-order valence-corrected chi connectivity index (χ3v) is 19.9. The molecule has 0 spiro atoms. The van der Waals surface area contributed by atoms with Gasteiger partial charge in [-0.25, -0.2) is 9.78 Å². The van der Waals surface area contributed by atoms with Crippen molar-refractivity contribution in [1.82, 2.24) is 15.2 Å². The van der Waals surface area contributed by atoms with Gasteiger partial charge >= 0.3 is 5.97 Å². The first kappa shape index (κ1) is 45.2. The number of esters is 1. The summed E-state index contributed by atoms with van der Waals surface area (Å²) in [6, 6.07) is 26.1. The second-order valence-electron chi connectivity index (χ2n) is 17.6. The Balaban J connectivity index is 1.02. The number of amides is 2. The Morgan fingerprint density at radius 2 is 1.65 bits per heavy atom. The molecule has 0 unspecified atom stereocenters. The van der Waals surface area contributed by atoms with E-state index in [0.717, 1.165) is 16.5 Å². The van der Waals surface area contributed by atoms with Gasteiger partial charge in [0.2, 0.25) is 5.91 Å². The minimum absolute atomic E-state index is 0.0679. The fourth-order valence-electron chi connectivity index (χ4n) is 8.81. The third-order valence-electron chi connectivity index (χ3n) is 12.5. The highest BCUT2D eigenvalue weighted by atomic mass is 32.2. The molecule has 16 heteroatoms. The van der Waals surface area contributed by atoms with E-state index < -0.39 is 31.2 Å². The Bertz CT molecular complexity index is 2260. The number of thiazole rings is 1. The summed E-state index contributed by atoms with van der Waals surface area (Å²) in [5.41, 5.74) is 1.04. The Kier molecular flexibility index (Phi) is 13.4. The molecule has 0 bridgehead atoms. The highest BCUT2D eigenvalue weighted by Gasteiger charge is 2.60. The van der Waals surface area contributed by atoms with Gasteiger partial charge in [0.05, 0.1) is 35.6 Å². The van der Waals surface area contributed by atoms with Crippen LogP contribution in [-0.4, -0.2) is 89.1 Å². The number of fused-ring (bicyclic) bond motifs is 1. The predicted molar refractivity (Wildman–Crippen MR) is 245 cm³/mol. The van der Waals surface area contributed by atoms with Crippen molar-refractivity contribution >= 4 is 70.4 Å². The van der Waals surface area contributed by atoms with Gasteiger partial charge in [-0.3, -0.25) is 19.7 Å². The lowest BCUT2D eigenvalue weighted by Crippen LogP contribution is -2.67. The molecule has 2 N–H and O–H groups in total. The van der Waals surface area contributed by atoms with Crippen molar-refractivity contribution < 1.29 is 33.6 Å². The van der Waals surface area contributed by atoms with Crippen LogP contribution < -0.4 is 20.6 Å². The lowest BCUT2D eigenvalue weighted by atomic mass is 9.79. The second-order valence-corrected chi connectivity index (χ2v) is 24.1. The number of aromatic nitrogens is 1. The van der Waals surface area contributed by atoms with Crippen molar-refractivity contribution in [2.75, 3.05) is 24.6 Å². The van der Waals surface area contributed by atoms with Crippen LogP contribution in [0, 0.1) is 27.9 Å². The average Bonchev–Trinajstić information content (AvgIpc) is 3.81. The Labute approximate surface area is 372 Å². The minimum atomic E-state index is -2.84. The summed E-state index contributed by atoms with van der Waals surface area (Å²) in [4.78, 5) is 60.5. The van der Waals surface area contributed by atoms with Crippen molar-refractivity contribution in [1.29, 1.82) is 0 Å². The Morgan fingerprint density at radius 3 is 2.19 bits per heavy atom. The first-order valence-electron chi connectivity index (χ1n) is 21.1. The molecule has 0 saturated carbocycles. The molecule has 7 rings (SSSR count). The van der Waals surface area contributed by atoms with Crippen molar-refractivity contribution in [2.24, 2.45) is 17.8 Å². The quantitative estimate of drug-likeness (QED) is 0.0391. The maximum atomic E-state index is 13.9. The zero-order chi connectivity index (χ0) is 44.5. The molecule has 328 valence electrons. The molecule has 2 saturated heterocycles. The summed E-state index contributed by atoms with van der Waals surface area (Å²) in [6.45, 7) is 16.0. The number of nitro groups is 1. The van der Waals surface area contributed by atoms with Gasteiger partial charge in [0.1, 0.15) is 18.0 Å². The molecule has 4 heterocycles. The SMILES string of the molecule is CC[C@H](C)[C@@H](CO[Si](c1ccccc1)(c1ccccc1)C(C)(C)C)NC(=O)c1csc(N2CC(SC3=C(C(=O)OCc4ccc([N+](=O)[O-])cc4)N4C(=O)[C@H]([C@@H](C)O)[C@H]4[C@H]3C)C2)n1. The predicted octanol–water partition coefficient (Wildman–Crippen LogP) is 6.51. The highest BCUT2D eigenvalue weighted by Crippen LogP contribution is 2.52. The summed E-state index contributed by atoms with van der Waals surface area (Å²) >= 11 is 2.94. The van der Waals surface area contributed by atoms with Crippen molar-refractivity contribution in [2.45, 2.75) is 90.0 Å². The molecule has 1 aromatic heterocycles. The molecule has 6 atom stereocenters. The van der Waals surface area contributed by atoms with Crippen LogP contribution in [0.15, 0.2) is 101 Å². The molecule has 0 aliphatic carbocycles. The van der Waals surface area contributed by atoms with E-state index in [9.17, 15) is 29.6 Å². The number of nitrogens with one attached hydrogen (secondary N) is 1. The lowest BCUT2D eigenvalue weighted by molar-refractivity contribution is -0.384. The van der Waals surface area contributed by atoms with Gasteiger partial charge in [-0.05, 0) is 45.9 Å². The lowest BCUT2D eigenvalue weighted by Gasteiger charge is -2.46. The molecule has 0 radical (unpaired) electrons. The maximum absolute atomic E-state index is 13.9. The first-order chi connectivity index (χ1) is 29.5. The van der Waals surface area contributed by atoms with Crippen LogP contribution in [0.25, 0.3) is 0 Å². The molecule has 62 heavy (non-hydrogen) atoms. The number of ether oxygens (including phenoxy) is 1. The van der Waals surface area contributed by atoms with E-state index in [-0.39, 0.29) is 64.0 Å². The first-order valence-corrected chi connectivity index (χ1v) is 24.8. The summed E-state index contributed by atoms with van der Waals surface area (Å²) in [7, 11) is -2.84. The number of β-lactam (4-membered cyclic amide) rings is 1. The molecule has 13 nitrogen and oxygen atoms in total. The Hall–Kier alpha value is -4.87. The van der Waals surface area contributed by atoms with E-state index in [2.05, 4.69) is 93.4 Å². The minimum Gasteiger partial charge on any atom is -0.456 e. The molecule has 2 fully saturated rings. The maximum Gasteiger partial charge on any atom is 0.356 e. The molecular formula is C46H55N5O8S2Si.